The molecular formula is C11H15NO5. The fourth-order valence-electron chi connectivity index (χ4n) is 1.03. The molecule has 0 bridgehead atoms. The van der Waals surface area contributed by atoms with E-state index in [0.29, 0.717) is 5.69 Å². The maximum absolute atomic E-state index is 11.4. The molecule has 94 valence electrons. The molecule has 0 aliphatic carbocycles. The van der Waals surface area contributed by atoms with Gasteiger partial charge in [-0.3, -0.25) is 5.32 Å². The molecule has 1 heterocycles. The summed E-state index contributed by atoms with van der Waals surface area (Å²) in [5, 5.41) is 2.44. The first-order chi connectivity index (χ1) is 7.81. The molecule has 0 radical (unpaired) electrons. The van der Waals surface area contributed by atoms with Crippen LogP contribution in [0.4, 0.5) is 10.5 Å². The van der Waals surface area contributed by atoms with Crippen molar-refractivity contribution in [1.82, 2.24) is 0 Å². The summed E-state index contributed by atoms with van der Waals surface area (Å²) in [7, 11) is 1.24. The highest BCUT2D eigenvalue weighted by molar-refractivity contribution is 5.90. The molecule has 1 aromatic heterocycles. The van der Waals surface area contributed by atoms with Gasteiger partial charge in [0.15, 0.2) is 0 Å². The Morgan fingerprint density at radius 1 is 1.35 bits per heavy atom. The van der Waals surface area contributed by atoms with Crippen LogP contribution >= 0.6 is 0 Å². The standard InChI is InChI=1S/C11H15NO5/c1-11(2,3)17-10(14)12-7-5-8(16-6-7)9(13)15-4/h5-6H,1-4H3,(H,12,14). The number of furan rings is 1. The van der Waals surface area contributed by atoms with Crippen molar-refractivity contribution in [3.8, 4) is 0 Å². The average Bonchev–Trinajstić information content (AvgIpc) is 2.62. The van der Waals surface area contributed by atoms with Gasteiger partial charge < -0.3 is 13.9 Å². The maximum atomic E-state index is 11.4. The van der Waals surface area contributed by atoms with Gasteiger partial charge in [-0.1, -0.05) is 0 Å². The van der Waals surface area contributed by atoms with Gasteiger partial charge in [0.05, 0.1) is 12.8 Å². The van der Waals surface area contributed by atoms with Crippen molar-refractivity contribution < 1.29 is 23.5 Å². The molecule has 0 aliphatic heterocycles. The van der Waals surface area contributed by atoms with E-state index in [4.69, 9.17) is 9.15 Å². The number of carbonyl (C=O) groups excluding carboxylic acids is 2. The fourth-order valence-corrected chi connectivity index (χ4v) is 1.03. The Bertz CT molecular complexity index is 416. The topological polar surface area (TPSA) is 77.8 Å². The van der Waals surface area contributed by atoms with Gasteiger partial charge >= 0.3 is 12.1 Å². The lowest BCUT2D eigenvalue weighted by Crippen LogP contribution is -2.27. The Morgan fingerprint density at radius 2 is 2.00 bits per heavy atom. The highest BCUT2D eigenvalue weighted by Gasteiger charge is 2.18. The molecule has 0 atom stereocenters. The summed E-state index contributed by atoms with van der Waals surface area (Å²) in [4.78, 5) is 22.5. The molecule has 0 fully saturated rings. The van der Waals surface area contributed by atoms with Crippen LogP contribution in [0.1, 0.15) is 31.3 Å². The van der Waals surface area contributed by atoms with Gasteiger partial charge in [0.25, 0.3) is 0 Å². The molecule has 0 spiro atoms. The molecule has 0 saturated carbocycles. The van der Waals surface area contributed by atoms with Gasteiger partial charge in [-0.05, 0) is 20.8 Å². The molecule has 1 rings (SSSR count). The maximum Gasteiger partial charge on any atom is 0.412 e. The predicted octanol–water partition coefficient (Wildman–Crippen LogP) is 2.41. The summed E-state index contributed by atoms with van der Waals surface area (Å²) in [6.07, 6.45) is 0.616. The van der Waals surface area contributed by atoms with Crippen molar-refractivity contribution in [3.05, 3.63) is 18.1 Å². The summed E-state index contributed by atoms with van der Waals surface area (Å²) in [6.45, 7) is 5.26. The fraction of sp³-hybridized carbons (Fsp3) is 0.455. The smallest absolute Gasteiger partial charge is 0.412 e. The van der Waals surface area contributed by atoms with Crippen LogP contribution in [0.15, 0.2) is 16.7 Å². The molecule has 6 nitrogen and oxygen atoms in total. The van der Waals surface area contributed by atoms with Crippen molar-refractivity contribution in [1.29, 1.82) is 0 Å². The lowest BCUT2D eigenvalue weighted by atomic mass is 10.2. The number of carbonyl (C=O) groups is 2. The molecule has 1 N–H and O–H groups in total. The Kier molecular flexibility index (Phi) is 3.77. The van der Waals surface area contributed by atoms with Gasteiger partial charge in [-0.2, -0.15) is 0 Å². The van der Waals surface area contributed by atoms with Gasteiger partial charge in [0.1, 0.15) is 11.9 Å². The predicted molar refractivity (Wildman–Crippen MR) is 59.9 cm³/mol. The van der Waals surface area contributed by atoms with Gasteiger partial charge in [-0.25, -0.2) is 9.59 Å². The summed E-state index contributed by atoms with van der Waals surface area (Å²) in [5.41, 5.74) is -0.251. The van der Waals surface area contributed by atoms with E-state index < -0.39 is 17.7 Å². The molecule has 17 heavy (non-hydrogen) atoms. The second-order valence-electron chi connectivity index (χ2n) is 4.32. The van der Waals surface area contributed by atoms with Crippen LogP contribution < -0.4 is 5.32 Å². The summed E-state index contributed by atoms with van der Waals surface area (Å²) in [5.74, 6) is -0.596. The van der Waals surface area contributed by atoms with Gasteiger partial charge in [0.2, 0.25) is 5.76 Å². The van der Waals surface area contributed by atoms with E-state index in [1.54, 1.807) is 20.8 Å². The number of anilines is 1. The quantitative estimate of drug-likeness (QED) is 0.804. The summed E-state index contributed by atoms with van der Waals surface area (Å²) >= 11 is 0. The van der Waals surface area contributed by atoms with Gasteiger partial charge in [-0.15, -0.1) is 0 Å². The minimum absolute atomic E-state index is 0.0126. The second kappa shape index (κ2) is 4.90. The zero-order valence-corrected chi connectivity index (χ0v) is 10.2. The molecule has 1 amide bonds. The van der Waals surface area contributed by atoms with Crippen LogP contribution in [0.3, 0.4) is 0 Å². The zero-order chi connectivity index (χ0) is 13.1. The number of hydrogen-bond donors (Lipinski definition) is 1. The Balaban J connectivity index is 2.61. The van der Waals surface area contributed by atoms with E-state index in [1.165, 1.54) is 19.4 Å². The lowest BCUT2D eigenvalue weighted by Gasteiger charge is -2.19. The third kappa shape index (κ3) is 4.18. The van der Waals surface area contributed by atoms with Crippen LogP contribution in [-0.4, -0.2) is 24.8 Å². The normalized spacial score (nSPS) is 10.8. The van der Waals surface area contributed by atoms with Crippen LogP contribution in [0.2, 0.25) is 0 Å². The first-order valence-corrected chi connectivity index (χ1v) is 4.98. The van der Waals surface area contributed by atoms with E-state index in [-0.39, 0.29) is 5.76 Å². The number of rotatable bonds is 2. The van der Waals surface area contributed by atoms with Crippen molar-refractivity contribution in [2.45, 2.75) is 26.4 Å². The number of methoxy groups -OCH3 is 1. The average molecular weight is 241 g/mol. The monoisotopic (exact) mass is 241 g/mol. The minimum Gasteiger partial charge on any atom is -0.463 e. The Labute approximate surface area is 98.9 Å². The Morgan fingerprint density at radius 3 is 2.53 bits per heavy atom. The molecule has 6 heteroatoms. The molecule has 0 unspecified atom stereocenters. The lowest BCUT2D eigenvalue weighted by molar-refractivity contribution is 0.0564. The van der Waals surface area contributed by atoms with Crippen LogP contribution in [0.5, 0.6) is 0 Å². The first kappa shape index (κ1) is 13.1. The van der Waals surface area contributed by atoms with E-state index in [2.05, 4.69) is 10.1 Å². The molecule has 1 aromatic rings. The van der Waals surface area contributed by atoms with Crippen molar-refractivity contribution >= 4 is 17.7 Å². The second-order valence-corrected chi connectivity index (χ2v) is 4.32. The number of hydrogen-bond acceptors (Lipinski definition) is 5. The SMILES string of the molecule is COC(=O)c1cc(NC(=O)OC(C)(C)C)co1. The molecular weight excluding hydrogens is 226 g/mol. The van der Waals surface area contributed by atoms with E-state index in [9.17, 15) is 9.59 Å². The highest BCUT2D eigenvalue weighted by atomic mass is 16.6. The number of esters is 1. The highest BCUT2D eigenvalue weighted by Crippen LogP contribution is 2.15. The Hall–Kier alpha value is -1.98. The minimum atomic E-state index is -0.616. The zero-order valence-electron chi connectivity index (χ0n) is 10.2. The number of ether oxygens (including phenoxy) is 2. The van der Waals surface area contributed by atoms with Crippen LogP contribution in [-0.2, 0) is 9.47 Å². The van der Waals surface area contributed by atoms with E-state index >= 15 is 0 Å². The third-order valence-corrected chi connectivity index (χ3v) is 1.63. The van der Waals surface area contributed by atoms with Crippen molar-refractivity contribution in [3.63, 3.8) is 0 Å². The summed E-state index contributed by atoms with van der Waals surface area (Å²) in [6, 6.07) is 1.36. The molecule has 0 aliphatic rings. The van der Waals surface area contributed by atoms with E-state index in [0.717, 1.165) is 0 Å². The third-order valence-electron chi connectivity index (χ3n) is 1.63. The van der Waals surface area contributed by atoms with Crippen molar-refractivity contribution in [2.24, 2.45) is 0 Å². The van der Waals surface area contributed by atoms with Crippen LogP contribution in [0, 0.1) is 0 Å². The molecule has 0 aromatic carbocycles. The van der Waals surface area contributed by atoms with E-state index in [1.807, 2.05) is 0 Å². The van der Waals surface area contributed by atoms with Gasteiger partial charge in [0, 0.05) is 6.07 Å². The van der Waals surface area contributed by atoms with Crippen molar-refractivity contribution in [2.75, 3.05) is 12.4 Å². The first-order valence-electron chi connectivity index (χ1n) is 4.98. The number of amides is 1. The largest absolute Gasteiger partial charge is 0.463 e. The summed E-state index contributed by atoms with van der Waals surface area (Å²) < 4.78 is 14.4. The van der Waals surface area contributed by atoms with Crippen LogP contribution in [0.25, 0.3) is 0 Å². The molecule has 0 saturated heterocycles. The number of nitrogens with one attached hydrogen (secondary N) is 1.